The van der Waals surface area contributed by atoms with E-state index in [4.69, 9.17) is 14.2 Å². The fraction of sp³-hybridized carbons (Fsp3) is 0. The van der Waals surface area contributed by atoms with Gasteiger partial charge in [-0.3, -0.25) is 0 Å². The summed E-state index contributed by atoms with van der Waals surface area (Å²) in [6.45, 7) is -0.235. The van der Waals surface area contributed by atoms with Crippen LogP contribution in [0.4, 0.5) is 51.2 Å². The van der Waals surface area contributed by atoms with Crippen LogP contribution >= 0.6 is 0 Å². The van der Waals surface area contributed by atoms with Gasteiger partial charge in [-0.05, 0) is 104 Å². The van der Waals surface area contributed by atoms with Crippen LogP contribution in [0.5, 0.6) is 34.5 Å². The molecule has 0 aliphatic carbocycles. The standard InChI is InChI=1S/C60H36B3N3O3/c1-4-18-37(19-5-1)64(38-20-6-2-7-21-38)40-32-54-58-55(33-40)68-53-36-52-45(34-46(53)63(58)44-27-13-17-31-51(44)67-54)62-43-26-12-16-30-49(43)66-48-29-15-11-25-42(48)61-41-24-10-14-28-47(41)65(39-22-8-3-9-23-39)50-35-56(69-52)59(62)60(66)57(50)61/h1-36H. The van der Waals surface area contributed by atoms with Crippen molar-refractivity contribution in [2.24, 2.45) is 0 Å². The second-order valence-electron chi connectivity index (χ2n) is 18.7. The van der Waals surface area contributed by atoms with Crippen LogP contribution in [0.25, 0.3) is 0 Å². The van der Waals surface area contributed by atoms with E-state index in [2.05, 4.69) is 233 Å². The predicted molar refractivity (Wildman–Crippen MR) is 284 cm³/mol. The monoisotopic (exact) mass is 879 g/mol. The molecule has 10 aromatic rings. The van der Waals surface area contributed by atoms with E-state index < -0.39 is 0 Å². The molecule has 0 radical (unpaired) electrons. The number of fused-ring (bicyclic) bond motifs is 14. The van der Waals surface area contributed by atoms with Crippen LogP contribution in [0.3, 0.4) is 0 Å². The Kier molecular flexibility index (Phi) is 7.50. The van der Waals surface area contributed by atoms with E-state index in [0.29, 0.717) is 0 Å². The molecular formula is C60H36B3N3O3. The second-order valence-corrected chi connectivity index (χ2v) is 18.7. The quantitative estimate of drug-likeness (QED) is 0.165. The van der Waals surface area contributed by atoms with E-state index in [1.165, 1.54) is 50.1 Å². The maximum Gasteiger partial charge on any atom is 0.260 e. The molecule has 0 N–H and O–H groups in total. The van der Waals surface area contributed by atoms with E-state index >= 15 is 0 Å². The third kappa shape index (κ3) is 5.08. The van der Waals surface area contributed by atoms with E-state index in [9.17, 15) is 0 Å². The first-order valence-electron chi connectivity index (χ1n) is 23.8. The van der Waals surface area contributed by atoms with Gasteiger partial charge >= 0.3 is 0 Å². The summed E-state index contributed by atoms with van der Waals surface area (Å²) in [4.78, 5) is 7.24. The maximum absolute atomic E-state index is 7.41. The molecule has 6 aliphatic heterocycles. The lowest BCUT2D eigenvalue weighted by Crippen LogP contribution is -2.68. The van der Waals surface area contributed by atoms with Crippen molar-refractivity contribution in [1.82, 2.24) is 0 Å². The highest BCUT2D eigenvalue weighted by Gasteiger charge is 2.52. The molecule has 0 saturated heterocycles. The second kappa shape index (κ2) is 13.9. The molecule has 0 bridgehead atoms. The summed E-state index contributed by atoms with van der Waals surface area (Å²) >= 11 is 0. The van der Waals surface area contributed by atoms with Gasteiger partial charge in [0.2, 0.25) is 0 Å². The highest BCUT2D eigenvalue weighted by Crippen LogP contribution is 2.49. The zero-order valence-electron chi connectivity index (χ0n) is 37.1. The lowest BCUT2D eigenvalue weighted by molar-refractivity contribution is 0.456. The fourth-order valence-electron chi connectivity index (χ4n) is 12.5. The minimum atomic E-state index is -0.143. The van der Waals surface area contributed by atoms with E-state index in [1.807, 2.05) is 0 Å². The van der Waals surface area contributed by atoms with Gasteiger partial charge in [-0.2, -0.15) is 0 Å². The van der Waals surface area contributed by atoms with Crippen molar-refractivity contribution in [2.75, 3.05) is 14.7 Å². The SMILES string of the molecule is c1ccc(N(c2ccccc2)c2cc3c4c(c2)Oc2cc5c(cc2B4c2ccccc2O3)B2c3ccccc3N3c4ccccc4B4c6ccccc6N(c6ccccc6)c6cc(c2c3c64)O5)cc1. The number of rotatable bonds is 4. The number of hydrogen-bond donors (Lipinski definition) is 0. The molecular weight excluding hydrogens is 843 g/mol. The zero-order valence-corrected chi connectivity index (χ0v) is 37.1. The normalized spacial score (nSPS) is 14.0. The number of para-hydroxylation sites is 7. The van der Waals surface area contributed by atoms with E-state index in [1.54, 1.807) is 0 Å². The van der Waals surface area contributed by atoms with Crippen molar-refractivity contribution in [2.45, 2.75) is 0 Å². The summed E-state index contributed by atoms with van der Waals surface area (Å²) in [5.41, 5.74) is 20.7. The molecule has 0 aromatic heterocycles. The molecule has 318 valence electrons. The molecule has 10 aromatic carbocycles. The van der Waals surface area contributed by atoms with E-state index in [0.717, 1.165) is 84.8 Å². The largest absolute Gasteiger partial charge is 0.458 e. The van der Waals surface area contributed by atoms with Crippen molar-refractivity contribution in [3.05, 3.63) is 218 Å². The van der Waals surface area contributed by atoms with Crippen molar-refractivity contribution >= 4 is 120 Å². The van der Waals surface area contributed by atoms with Crippen LogP contribution in [0, 0.1) is 0 Å². The molecule has 0 fully saturated rings. The topological polar surface area (TPSA) is 37.4 Å². The Morgan fingerprint density at radius 2 is 0.739 bits per heavy atom. The molecule has 6 aliphatic rings. The van der Waals surface area contributed by atoms with E-state index in [-0.39, 0.29) is 20.1 Å². The molecule has 0 unspecified atom stereocenters. The molecule has 0 amide bonds. The van der Waals surface area contributed by atoms with Gasteiger partial charge in [0.25, 0.3) is 20.1 Å². The zero-order chi connectivity index (χ0) is 44.9. The Morgan fingerprint density at radius 3 is 1.33 bits per heavy atom. The lowest BCUT2D eigenvalue weighted by atomic mass is 9.28. The number of anilines is 9. The van der Waals surface area contributed by atoms with Crippen LogP contribution in [0.1, 0.15) is 0 Å². The van der Waals surface area contributed by atoms with Crippen molar-refractivity contribution in [3.63, 3.8) is 0 Å². The maximum atomic E-state index is 7.41. The van der Waals surface area contributed by atoms with Gasteiger partial charge in [0.05, 0.1) is 5.69 Å². The summed E-state index contributed by atoms with van der Waals surface area (Å²) in [5, 5.41) is 0. The molecule has 6 heterocycles. The van der Waals surface area contributed by atoms with Crippen LogP contribution in [0.15, 0.2) is 218 Å². The number of hydrogen-bond acceptors (Lipinski definition) is 6. The Hall–Kier alpha value is -8.81. The van der Waals surface area contributed by atoms with Gasteiger partial charge < -0.3 is 28.9 Å². The molecule has 16 rings (SSSR count). The number of nitrogens with zero attached hydrogens (tertiary/aromatic N) is 3. The third-order valence-electron chi connectivity index (χ3n) is 15.2. The molecule has 0 saturated carbocycles. The first-order chi connectivity index (χ1) is 34.2. The smallest absolute Gasteiger partial charge is 0.260 e. The summed E-state index contributed by atoms with van der Waals surface area (Å²) in [6, 6.07) is 78.4. The first-order valence-corrected chi connectivity index (χ1v) is 23.8. The van der Waals surface area contributed by atoms with Crippen LogP contribution in [-0.4, -0.2) is 20.1 Å². The van der Waals surface area contributed by atoms with Gasteiger partial charge in [0.15, 0.2) is 0 Å². The number of benzene rings is 10. The van der Waals surface area contributed by atoms with Crippen LogP contribution < -0.4 is 78.1 Å². The molecule has 9 heteroatoms. The Morgan fingerprint density at radius 1 is 0.290 bits per heavy atom. The summed E-state index contributed by atoms with van der Waals surface area (Å²) in [5.74, 6) is 4.83. The Balaban J connectivity index is 0.936. The average Bonchev–Trinajstić information content (AvgIpc) is 3.40. The minimum Gasteiger partial charge on any atom is -0.458 e. The van der Waals surface area contributed by atoms with Gasteiger partial charge in [0, 0.05) is 75.2 Å². The lowest BCUT2D eigenvalue weighted by Gasteiger charge is -2.49. The molecule has 0 atom stereocenters. The number of ether oxygens (including phenoxy) is 3. The fourth-order valence-corrected chi connectivity index (χ4v) is 12.5. The Bertz CT molecular complexity index is 3780. The molecule has 69 heavy (non-hydrogen) atoms. The predicted octanol–water partition coefficient (Wildman–Crippen LogP) is 8.90. The highest BCUT2D eigenvalue weighted by molar-refractivity contribution is 7.05. The highest BCUT2D eigenvalue weighted by atomic mass is 16.5. The Labute approximate surface area is 400 Å². The van der Waals surface area contributed by atoms with Crippen molar-refractivity contribution in [1.29, 1.82) is 0 Å². The van der Waals surface area contributed by atoms with Crippen molar-refractivity contribution in [3.8, 4) is 34.5 Å². The third-order valence-corrected chi connectivity index (χ3v) is 15.2. The molecule has 6 nitrogen and oxygen atoms in total. The minimum absolute atomic E-state index is 0.0198. The van der Waals surface area contributed by atoms with Crippen molar-refractivity contribution < 1.29 is 14.2 Å². The summed E-state index contributed by atoms with van der Waals surface area (Å²) < 4.78 is 21.5. The van der Waals surface area contributed by atoms with Crippen LogP contribution in [0.2, 0.25) is 0 Å². The van der Waals surface area contributed by atoms with Gasteiger partial charge in [0.1, 0.15) is 34.5 Å². The average molecular weight is 879 g/mol. The van der Waals surface area contributed by atoms with Gasteiger partial charge in [-0.25, -0.2) is 0 Å². The first kappa shape index (κ1) is 37.3. The summed E-state index contributed by atoms with van der Waals surface area (Å²) in [6.07, 6.45) is 0. The van der Waals surface area contributed by atoms with Gasteiger partial charge in [-0.15, -0.1) is 0 Å². The molecule has 0 spiro atoms. The van der Waals surface area contributed by atoms with Gasteiger partial charge in [-0.1, -0.05) is 133 Å². The van der Waals surface area contributed by atoms with Crippen LogP contribution in [-0.2, 0) is 0 Å². The summed E-state index contributed by atoms with van der Waals surface area (Å²) in [7, 11) is 0.